The van der Waals surface area contributed by atoms with Crippen LogP contribution in [0.2, 0.25) is 0 Å². The molecule has 0 saturated carbocycles. The molecule has 0 amide bonds. The fourth-order valence-corrected chi connectivity index (χ4v) is 4.42. The number of thiophene rings is 1. The van der Waals surface area contributed by atoms with E-state index in [2.05, 4.69) is 0 Å². The third kappa shape index (κ3) is 4.31. The minimum Gasteiger partial charge on any atom is -0.468 e. The van der Waals surface area contributed by atoms with Crippen molar-refractivity contribution in [1.29, 1.82) is 0 Å². The number of halogens is 1. The van der Waals surface area contributed by atoms with E-state index < -0.39 is 10.0 Å². The third-order valence-corrected chi connectivity index (χ3v) is 5.98. The second-order valence-electron chi connectivity index (χ2n) is 5.36. The van der Waals surface area contributed by atoms with Gasteiger partial charge in [-0.1, -0.05) is 12.1 Å². The zero-order valence-electron chi connectivity index (χ0n) is 12.8. The number of nitrogens with zero attached hydrogens (tertiary/aromatic N) is 1. The van der Waals surface area contributed by atoms with Gasteiger partial charge in [0.15, 0.2) is 0 Å². The maximum atomic E-state index is 13.0. The standard InChI is InChI=1S/C17H16FNO3S2/c18-16-5-3-14(4-6-16)13-24(20,21)19(10-15-7-9-23-12-15)11-17-2-1-8-22-17/h1-9,12H,10-11,13H2. The smallest absolute Gasteiger partial charge is 0.219 e. The van der Waals surface area contributed by atoms with E-state index in [4.69, 9.17) is 4.42 Å². The Morgan fingerprint density at radius 3 is 2.46 bits per heavy atom. The Bertz CT molecular complexity index is 821. The minimum absolute atomic E-state index is 0.159. The fourth-order valence-electron chi connectivity index (χ4n) is 2.30. The first-order valence-electron chi connectivity index (χ1n) is 7.29. The van der Waals surface area contributed by atoms with Gasteiger partial charge in [-0.3, -0.25) is 0 Å². The fraction of sp³-hybridized carbons (Fsp3) is 0.176. The minimum atomic E-state index is -3.58. The first-order chi connectivity index (χ1) is 11.5. The van der Waals surface area contributed by atoms with Crippen LogP contribution in [0.15, 0.2) is 63.9 Å². The Balaban J connectivity index is 1.83. The van der Waals surface area contributed by atoms with E-state index in [1.54, 1.807) is 12.1 Å². The van der Waals surface area contributed by atoms with Crippen molar-refractivity contribution >= 4 is 21.4 Å². The van der Waals surface area contributed by atoms with Crippen LogP contribution in [-0.2, 0) is 28.9 Å². The number of hydrogen-bond donors (Lipinski definition) is 0. The lowest BCUT2D eigenvalue weighted by molar-refractivity contribution is 0.358. The summed E-state index contributed by atoms with van der Waals surface area (Å²) in [4.78, 5) is 0. The van der Waals surface area contributed by atoms with Gasteiger partial charge in [-0.25, -0.2) is 12.8 Å². The van der Waals surface area contributed by atoms with Gasteiger partial charge in [0.25, 0.3) is 0 Å². The van der Waals surface area contributed by atoms with Crippen LogP contribution in [0.5, 0.6) is 0 Å². The Hall–Kier alpha value is -1.96. The molecule has 2 aromatic heterocycles. The van der Waals surface area contributed by atoms with Crippen molar-refractivity contribution in [2.45, 2.75) is 18.8 Å². The predicted octanol–water partition coefficient (Wildman–Crippen LogP) is 4.01. The molecule has 0 unspecified atom stereocenters. The first kappa shape index (κ1) is 16.9. The zero-order valence-corrected chi connectivity index (χ0v) is 14.4. The second-order valence-corrected chi connectivity index (χ2v) is 8.11. The van der Waals surface area contributed by atoms with Crippen LogP contribution in [0.3, 0.4) is 0 Å². The summed E-state index contributed by atoms with van der Waals surface area (Å²) < 4.78 is 45.4. The molecule has 0 bridgehead atoms. The molecule has 0 aliphatic rings. The topological polar surface area (TPSA) is 50.5 Å². The normalized spacial score (nSPS) is 11.9. The summed E-state index contributed by atoms with van der Waals surface area (Å²) in [7, 11) is -3.58. The van der Waals surface area contributed by atoms with E-state index in [9.17, 15) is 12.8 Å². The van der Waals surface area contributed by atoms with Gasteiger partial charge in [0.1, 0.15) is 11.6 Å². The molecule has 2 heterocycles. The van der Waals surface area contributed by atoms with E-state index in [1.165, 1.54) is 46.2 Å². The van der Waals surface area contributed by atoms with Crippen LogP contribution in [0.1, 0.15) is 16.9 Å². The van der Waals surface area contributed by atoms with Gasteiger partial charge < -0.3 is 4.42 Å². The third-order valence-electron chi connectivity index (χ3n) is 3.51. The first-order valence-corrected chi connectivity index (χ1v) is 9.84. The van der Waals surface area contributed by atoms with E-state index in [-0.39, 0.29) is 24.7 Å². The summed E-state index contributed by atoms with van der Waals surface area (Å²) in [6, 6.07) is 10.9. The van der Waals surface area contributed by atoms with Crippen LogP contribution in [0, 0.1) is 5.82 Å². The highest BCUT2D eigenvalue weighted by molar-refractivity contribution is 7.88. The molecule has 0 radical (unpaired) electrons. The second kappa shape index (κ2) is 7.29. The highest BCUT2D eigenvalue weighted by atomic mass is 32.2. The summed E-state index contributed by atoms with van der Waals surface area (Å²) in [5.74, 6) is 0.00719. The molecular formula is C17H16FNO3S2. The van der Waals surface area contributed by atoms with E-state index >= 15 is 0 Å². The van der Waals surface area contributed by atoms with Crippen molar-refractivity contribution in [2.24, 2.45) is 0 Å². The van der Waals surface area contributed by atoms with Crippen LogP contribution in [-0.4, -0.2) is 12.7 Å². The number of furan rings is 1. The average molecular weight is 365 g/mol. The summed E-state index contributed by atoms with van der Waals surface area (Å²) in [5.41, 5.74) is 1.47. The van der Waals surface area contributed by atoms with Gasteiger partial charge in [0, 0.05) is 6.54 Å². The highest BCUT2D eigenvalue weighted by Crippen LogP contribution is 2.19. The lowest BCUT2D eigenvalue weighted by atomic mass is 10.2. The Labute approximate surface area is 144 Å². The van der Waals surface area contributed by atoms with Crippen molar-refractivity contribution < 1.29 is 17.2 Å². The van der Waals surface area contributed by atoms with E-state index in [0.717, 1.165) is 5.56 Å². The lowest BCUT2D eigenvalue weighted by Gasteiger charge is -2.21. The van der Waals surface area contributed by atoms with Gasteiger partial charge in [-0.05, 0) is 52.2 Å². The lowest BCUT2D eigenvalue weighted by Crippen LogP contribution is -2.31. The molecule has 0 atom stereocenters. The molecule has 4 nitrogen and oxygen atoms in total. The van der Waals surface area contributed by atoms with Gasteiger partial charge in [-0.15, -0.1) is 0 Å². The molecule has 0 aliphatic carbocycles. The van der Waals surface area contributed by atoms with Gasteiger partial charge in [0.2, 0.25) is 10.0 Å². The van der Waals surface area contributed by atoms with Gasteiger partial charge in [-0.2, -0.15) is 15.6 Å². The molecule has 24 heavy (non-hydrogen) atoms. The summed E-state index contributed by atoms with van der Waals surface area (Å²) in [5, 5.41) is 3.83. The van der Waals surface area contributed by atoms with E-state index in [1.807, 2.05) is 16.8 Å². The van der Waals surface area contributed by atoms with Crippen molar-refractivity contribution in [3.8, 4) is 0 Å². The van der Waals surface area contributed by atoms with E-state index in [0.29, 0.717) is 11.3 Å². The Morgan fingerprint density at radius 1 is 1.04 bits per heavy atom. The molecule has 0 spiro atoms. The van der Waals surface area contributed by atoms with Crippen LogP contribution in [0.4, 0.5) is 4.39 Å². The molecule has 1 aromatic carbocycles. The molecule has 7 heteroatoms. The van der Waals surface area contributed by atoms with Crippen molar-refractivity contribution in [3.05, 3.63) is 82.2 Å². The predicted molar refractivity (Wildman–Crippen MR) is 91.3 cm³/mol. The molecule has 3 rings (SSSR count). The molecule has 0 fully saturated rings. The largest absolute Gasteiger partial charge is 0.468 e. The van der Waals surface area contributed by atoms with Crippen molar-refractivity contribution in [1.82, 2.24) is 4.31 Å². The number of sulfonamides is 1. The number of rotatable bonds is 7. The van der Waals surface area contributed by atoms with Crippen LogP contribution < -0.4 is 0 Å². The molecular weight excluding hydrogens is 349 g/mol. The number of hydrogen-bond acceptors (Lipinski definition) is 4. The average Bonchev–Trinajstić information content (AvgIpc) is 3.22. The van der Waals surface area contributed by atoms with Gasteiger partial charge >= 0.3 is 0 Å². The maximum absolute atomic E-state index is 13.0. The molecule has 0 saturated heterocycles. The monoisotopic (exact) mass is 365 g/mol. The van der Waals surface area contributed by atoms with Crippen molar-refractivity contribution in [3.63, 3.8) is 0 Å². The quantitative estimate of drug-likeness (QED) is 0.636. The molecule has 0 aliphatic heterocycles. The zero-order chi connectivity index (χ0) is 17.0. The highest BCUT2D eigenvalue weighted by Gasteiger charge is 2.24. The maximum Gasteiger partial charge on any atom is 0.219 e. The SMILES string of the molecule is O=S(=O)(Cc1ccc(F)cc1)N(Cc1ccsc1)Cc1ccco1. The summed E-state index contributed by atoms with van der Waals surface area (Å²) in [6.45, 7) is 0.431. The molecule has 0 N–H and O–H groups in total. The molecule has 126 valence electrons. The Morgan fingerprint density at radius 2 is 1.83 bits per heavy atom. The number of benzene rings is 1. The Kier molecular flexibility index (Phi) is 5.13. The van der Waals surface area contributed by atoms with Gasteiger partial charge in [0.05, 0.1) is 18.6 Å². The summed E-state index contributed by atoms with van der Waals surface area (Å²) in [6.07, 6.45) is 1.52. The van der Waals surface area contributed by atoms with Crippen LogP contribution in [0.25, 0.3) is 0 Å². The molecule has 3 aromatic rings. The van der Waals surface area contributed by atoms with Crippen molar-refractivity contribution in [2.75, 3.05) is 0 Å². The summed E-state index contributed by atoms with van der Waals surface area (Å²) >= 11 is 1.52. The van der Waals surface area contributed by atoms with Crippen LogP contribution >= 0.6 is 11.3 Å².